The summed E-state index contributed by atoms with van der Waals surface area (Å²) >= 11 is 1.59. The molecule has 5 aromatic rings. The van der Waals surface area contributed by atoms with Crippen molar-refractivity contribution in [2.24, 2.45) is 9.50 Å². The normalized spacial score (nSPS) is 20.9. The van der Waals surface area contributed by atoms with Crippen LogP contribution in [0.3, 0.4) is 0 Å². The minimum Gasteiger partial charge on any atom is -0.439 e. The Hall–Kier alpha value is -4.79. The first-order valence-electron chi connectivity index (χ1n) is 13.5. The van der Waals surface area contributed by atoms with Crippen molar-refractivity contribution in [2.75, 3.05) is 5.01 Å². The van der Waals surface area contributed by atoms with Crippen molar-refractivity contribution in [3.63, 3.8) is 0 Å². The molecule has 0 N–H and O–H groups in total. The standard InChI is InChI=1S/C34H25N3O3S2/c38-42(39,28-20-11-4-12-21-28)36-33-34(24-29(40-33)25-14-5-1-6-15-25)31(26-16-7-2-8-17-26)32(30-22-13-23-41-30)35-37(34)27-18-9-3-10-19-27/h1-24,31H. The molecule has 8 heteroatoms. The summed E-state index contributed by atoms with van der Waals surface area (Å²) in [6.45, 7) is 0. The second-order valence-electron chi connectivity index (χ2n) is 9.94. The highest BCUT2D eigenvalue weighted by Gasteiger charge is 2.60. The third-order valence-electron chi connectivity index (χ3n) is 7.38. The van der Waals surface area contributed by atoms with Gasteiger partial charge in [0.15, 0.2) is 5.54 Å². The summed E-state index contributed by atoms with van der Waals surface area (Å²) in [6.07, 6.45) is 1.98. The van der Waals surface area contributed by atoms with Crippen molar-refractivity contribution in [3.05, 3.63) is 161 Å². The Bertz CT molecular complexity index is 1910. The molecule has 2 atom stereocenters. The van der Waals surface area contributed by atoms with Crippen LogP contribution in [0.5, 0.6) is 0 Å². The van der Waals surface area contributed by atoms with Gasteiger partial charge in [0.2, 0.25) is 5.90 Å². The van der Waals surface area contributed by atoms with E-state index in [1.54, 1.807) is 41.7 Å². The van der Waals surface area contributed by atoms with E-state index in [-0.39, 0.29) is 10.8 Å². The summed E-state index contributed by atoms with van der Waals surface area (Å²) in [5.41, 5.74) is 2.13. The minimum atomic E-state index is -4.14. The first-order chi connectivity index (χ1) is 20.6. The van der Waals surface area contributed by atoms with E-state index >= 15 is 0 Å². The van der Waals surface area contributed by atoms with E-state index in [9.17, 15) is 8.42 Å². The number of benzene rings is 4. The molecule has 3 heterocycles. The van der Waals surface area contributed by atoms with Gasteiger partial charge in [0.05, 0.1) is 27.1 Å². The SMILES string of the molecule is O=S(=O)(N=C1OC(c2ccccc2)=CC12C(c1ccccc1)C(c1cccs1)=NN2c1ccccc1)c1ccccc1. The van der Waals surface area contributed by atoms with Crippen LogP contribution in [-0.4, -0.2) is 25.6 Å². The fraction of sp³-hybridized carbons (Fsp3) is 0.0588. The number of hydrazone groups is 1. The molecule has 206 valence electrons. The number of para-hydroxylation sites is 1. The molecule has 6 nitrogen and oxygen atoms in total. The highest BCUT2D eigenvalue weighted by atomic mass is 32.2. The Morgan fingerprint density at radius 1 is 0.762 bits per heavy atom. The van der Waals surface area contributed by atoms with E-state index in [0.29, 0.717) is 5.76 Å². The van der Waals surface area contributed by atoms with E-state index in [0.717, 1.165) is 27.4 Å². The van der Waals surface area contributed by atoms with Gasteiger partial charge in [0, 0.05) is 5.56 Å². The van der Waals surface area contributed by atoms with E-state index in [1.165, 1.54) is 0 Å². The summed E-state index contributed by atoms with van der Waals surface area (Å²) in [7, 11) is -4.14. The summed E-state index contributed by atoms with van der Waals surface area (Å²) in [5, 5.41) is 9.12. The maximum atomic E-state index is 13.8. The number of thiophene rings is 1. The van der Waals surface area contributed by atoms with E-state index < -0.39 is 21.5 Å². The molecule has 0 amide bonds. The lowest BCUT2D eigenvalue weighted by Crippen LogP contribution is -2.51. The van der Waals surface area contributed by atoms with Crippen LogP contribution >= 0.6 is 11.3 Å². The molecule has 0 saturated heterocycles. The van der Waals surface area contributed by atoms with Crippen LogP contribution in [0.4, 0.5) is 5.69 Å². The smallest absolute Gasteiger partial charge is 0.285 e. The van der Waals surface area contributed by atoms with Gasteiger partial charge in [-0.15, -0.1) is 15.7 Å². The van der Waals surface area contributed by atoms with Gasteiger partial charge < -0.3 is 4.74 Å². The second kappa shape index (κ2) is 10.6. The monoisotopic (exact) mass is 587 g/mol. The van der Waals surface area contributed by atoms with Crippen molar-refractivity contribution in [1.29, 1.82) is 0 Å². The third kappa shape index (κ3) is 4.45. The van der Waals surface area contributed by atoms with Gasteiger partial charge in [0.25, 0.3) is 10.0 Å². The molecule has 1 aromatic heterocycles. The van der Waals surface area contributed by atoms with Crippen LogP contribution in [0.1, 0.15) is 21.9 Å². The number of sulfonamides is 1. The second-order valence-corrected chi connectivity index (χ2v) is 12.5. The maximum Gasteiger partial charge on any atom is 0.285 e. The van der Waals surface area contributed by atoms with Gasteiger partial charge >= 0.3 is 0 Å². The maximum absolute atomic E-state index is 13.8. The first-order valence-corrected chi connectivity index (χ1v) is 15.8. The molecule has 0 aliphatic carbocycles. The van der Waals surface area contributed by atoms with Crippen LogP contribution < -0.4 is 5.01 Å². The average Bonchev–Trinajstić information content (AvgIpc) is 3.78. The van der Waals surface area contributed by atoms with Crippen LogP contribution in [0.15, 0.2) is 159 Å². The molecule has 0 bridgehead atoms. The predicted octanol–water partition coefficient (Wildman–Crippen LogP) is 7.35. The van der Waals surface area contributed by atoms with E-state index in [1.807, 2.05) is 120 Å². The van der Waals surface area contributed by atoms with Gasteiger partial charge in [-0.05, 0) is 47.4 Å². The van der Waals surface area contributed by atoms with Gasteiger partial charge in [-0.1, -0.05) is 103 Å². The predicted molar refractivity (Wildman–Crippen MR) is 168 cm³/mol. The molecule has 0 radical (unpaired) electrons. The highest BCUT2D eigenvalue weighted by molar-refractivity contribution is 7.90. The molecule has 7 rings (SSSR count). The lowest BCUT2D eigenvalue weighted by atomic mass is 9.76. The Balaban J connectivity index is 1.55. The highest BCUT2D eigenvalue weighted by Crippen LogP contribution is 2.51. The van der Waals surface area contributed by atoms with E-state index in [2.05, 4.69) is 4.40 Å². The lowest BCUT2D eigenvalue weighted by molar-refractivity contribution is 0.474. The molecule has 2 aliphatic rings. The topological polar surface area (TPSA) is 71.3 Å². The lowest BCUT2D eigenvalue weighted by Gasteiger charge is -2.36. The van der Waals surface area contributed by atoms with Gasteiger partial charge in [-0.3, -0.25) is 0 Å². The molecule has 1 spiro atoms. The molecule has 2 unspecified atom stereocenters. The molecule has 4 aromatic carbocycles. The van der Waals surface area contributed by atoms with E-state index in [4.69, 9.17) is 9.84 Å². The Morgan fingerprint density at radius 3 is 2.02 bits per heavy atom. The molecule has 0 saturated carbocycles. The number of ether oxygens (including phenoxy) is 1. The Morgan fingerprint density at radius 2 is 1.38 bits per heavy atom. The summed E-state index contributed by atoms with van der Waals surface area (Å²) in [5.74, 6) is 0.115. The average molecular weight is 588 g/mol. The molecular weight excluding hydrogens is 563 g/mol. The Labute approximate surface area is 248 Å². The summed E-state index contributed by atoms with van der Waals surface area (Å²) in [6, 6.07) is 41.7. The summed E-state index contributed by atoms with van der Waals surface area (Å²) < 4.78 is 38.6. The fourth-order valence-corrected chi connectivity index (χ4v) is 7.27. The molecular formula is C34H25N3O3S2. The van der Waals surface area contributed by atoms with Crippen molar-refractivity contribution in [2.45, 2.75) is 16.4 Å². The molecule has 42 heavy (non-hydrogen) atoms. The fourth-order valence-electron chi connectivity index (χ4n) is 5.52. The number of rotatable bonds is 6. The van der Waals surface area contributed by atoms with Crippen molar-refractivity contribution < 1.29 is 13.2 Å². The quantitative estimate of drug-likeness (QED) is 0.208. The van der Waals surface area contributed by atoms with Gasteiger partial charge in [-0.25, -0.2) is 5.01 Å². The summed E-state index contributed by atoms with van der Waals surface area (Å²) in [4.78, 5) is 1.07. The number of anilines is 1. The van der Waals surface area contributed by atoms with Crippen LogP contribution in [-0.2, 0) is 14.8 Å². The number of nitrogens with zero attached hydrogens (tertiary/aromatic N) is 3. The largest absolute Gasteiger partial charge is 0.439 e. The zero-order valence-corrected chi connectivity index (χ0v) is 23.9. The van der Waals surface area contributed by atoms with Gasteiger partial charge in [-0.2, -0.15) is 13.5 Å². The zero-order valence-electron chi connectivity index (χ0n) is 22.3. The van der Waals surface area contributed by atoms with Gasteiger partial charge in [0.1, 0.15) is 5.76 Å². The molecule has 2 aliphatic heterocycles. The zero-order chi connectivity index (χ0) is 28.6. The van der Waals surface area contributed by atoms with Crippen molar-refractivity contribution in [3.8, 4) is 0 Å². The van der Waals surface area contributed by atoms with Crippen LogP contribution in [0.25, 0.3) is 5.76 Å². The first kappa shape index (κ1) is 26.1. The third-order valence-corrected chi connectivity index (χ3v) is 9.55. The Kier molecular flexibility index (Phi) is 6.57. The number of hydrogen-bond acceptors (Lipinski definition) is 6. The van der Waals surface area contributed by atoms with Crippen LogP contribution in [0.2, 0.25) is 0 Å². The minimum absolute atomic E-state index is 0.0400. The van der Waals surface area contributed by atoms with Crippen LogP contribution in [0, 0.1) is 0 Å². The van der Waals surface area contributed by atoms with Crippen molar-refractivity contribution >= 4 is 44.4 Å². The number of hydrogen-bond donors (Lipinski definition) is 0. The van der Waals surface area contributed by atoms with Crippen molar-refractivity contribution in [1.82, 2.24) is 0 Å². The molecule has 0 fully saturated rings.